The Morgan fingerprint density at radius 3 is 2.11 bits per heavy atom. The number of nitrogens with zero attached hydrogens (tertiary/aromatic N) is 1. The maximum atomic E-state index is 10.9. The van der Waals surface area contributed by atoms with Crippen molar-refractivity contribution in [1.82, 2.24) is 4.90 Å². The molecule has 2 N–H and O–H groups in total. The summed E-state index contributed by atoms with van der Waals surface area (Å²) in [6.07, 6.45) is -1.18. The fraction of sp³-hybridized carbons (Fsp3) is 0.455. The predicted molar refractivity (Wildman–Crippen MR) is 102 cm³/mol. The van der Waals surface area contributed by atoms with E-state index in [-0.39, 0.29) is 18.7 Å². The summed E-state index contributed by atoms with van der Waals surface area (Å²) in [6.45, 7) is 4.02. The number of aliphatic hydroxyl groups is 2. The maximum Gasteiger partial charge on any atom is 0.163 e. The van der Waals surface area contributed by atoms with Crippen molar-refractivity contribution in [2.75, 3.05) is 13.2 Å². The highest BCUT2D eigenvalue weighted by Crippen LogP contribution is 2.42. The molecule has 2 aromatic rings. The lowest BCUT2D eigenvalue weighted by Gasteiger charge is -2.43. The van der Waals surface area contributed by atoms with Crippen LogP contribution < -0.4 is 0 Å². The molecule has 27 heavy (non-hydrogen) atoms. The molecule has 4 rings (SSSR count). The monoisotopic (exact) mass is 369 g/mol. The average molecular weight is 369 g/mol. The van der Waals surface area contributed by atoms with Crippen LogP contribution >= 0.6 is 0 Å². The summed E-state index contributed by atoms with van der Waals surface area (Å²) in [6, 6.07) is 19.7. The largest absolute Gasteiger partial charge is 0.395 e. The molecule has 144 valence electrons. The molecule has 2 aliphatic rings. The van der Waals surface area contributed by atoms with E-state index < -0.39 is 24.0 Å². The van der Waals surface area contributed by atoms with E-state index in [0.29, 0.717) is 6.61 Å². The Morgan fingerprint density at radius 2 is 1.59 bits per heavy atom. The van der Waals surface area contributed by atoms with Crippen LogP contribution in [0.15, 0.2) is 60.7 Å². The van der Waals surface area contributed by atoms with Crippen molar-refractivity contribution in [3.63, 3.8) is 0 Å². The number of hydrogen-bond donors (Lipinski definition) is 2. The fourth-order valence-electron chi connectivity index (χ4n) is 4.41. The fourth-order valence-corrected chi connectivity index (χ4v) is 4.41. The molecule has 2 fully saturated rings. The lowest BCUT2D eigenvalue weighted by Crippen LogP contribution is -2.53. The summed E-state index contributed by atoms with van der Waals surface area (Å²) in [5.41, 5.74) is 2.22. The van der Waals surface area contributed by atoms with Crippen LogP contribution in [0.1, 0.15) is 31.0 Å². The van der Waals surface area contributed by atoms with E-state index in [9.17, 15) is 10.2 Å². The van der Waals surface area contributed by atoms with Gasteiger partial charge in [-0.15, -0.1) is 0 Å². The summed E-state index contributed by atoms with van der Waals surface area (Å²) in [5.74, 6) is -0.743. The molecule has 5 heteroatoms. The number of rotatable bonds is 4. The number of fused-ring (bicyclic) bond motifs is 1. The first kappa shape index (κ1) is 18.6. The number of aliphatic hydroxyl groups excluding tert-OH is 2. The van der Waals surface area contributed by atoms with Gasteiger partial charge in [-0.3, -0.25) is 4.90 Å². The number of likely N-dealkylation sites (tertiary alicyclic amines) is 1. The summed E-state index contributed by atoms with van der Waals surface area (Å²) >= 11 is 0. The van der Waals surface area contributed by atoms with Crippen LogP contribution in [-0.2, 0) is 9.47 Å². The van der Waals surface area contributed by atoms with Gasteiger partial charge in [-0.05, 0) is 25.0 Å². The number of ether oxygens (including phenoxy) is 2. The Kier molecular flexibility index (Phi) is 5.05. The van der Waals surface area contributed by atoms with E-state index in [1.165, 1.54) is 0 Å². The molecule has 0 aromatic heterocycles. The third-order valence-electron chi connectivity index (χ3n) is 5.61. The third-order valence-corrected chi connectivity index (χ3v) is 5.61. The number of hydrogen-bond acceptors (Lipinski definition) is 5. The second-order valence-corrected chi connectivity index (χ2v) is 7.77. The highest BCUT2D eigenvalue weighted by Gasteiger charge is 2.55. The zero-order valence-electron chi connectivity index (χ0n) is 15.7. The van der Waals surface area contributed by atoms with E-state index >= 15 is 0 Å². The molecule has 5 nitrogen and oxygen atoms in total. The van der Waals surface area contributed by atoms with Gasteiger partial charge in [-0.2, -0.15) is 0 Å². The van der Waals surface area contributed by atoms with Gasteiger partial charge in [0, 0.05) is 0 Å². The van der Waals surface area contributed by atoms with E-state index in [1.807, 2.05) is 50.2 Å². The third kappa shape index (κ3) is 3.42. The quantitative estimate of drug-likeness (QED) is 0.866. The molecule has 2 aromatic carbocycles. The molecule has 0 amide bonds. The Hall–Kier alpha value is -1.76. The minimum Gasteiger partial charge on any atom is -0.395 e. The predicted octanol–water partition coefficient (Wildman–Crippen LogP) is 2.33. The highest BCUT2D eigenvalue weighted by molar-refractivity contribution is 5.33. The standard InChI is InChI=1S/C22H27NO4/c1-22(2)26-14-18-21(27-22)20(25)17(13-24)23(18)19(15-9-5-3-6-10-15)16-11-7-4-8-12-16/h3-12,17-21,24-25H,13-14H2,1-2H3/t17-,18+,20-,21-/m1/s1. The molecule has 2 saturated heterocycles. The zero-order chi connectivity index (χ0) is 19.0. The van der Waals surface area contributed by atoms with Crippen LogP contribution in [0.25, 0.3) is 0 Å². The molecule has 0 spiro atoms. The smallest absolute Gasteiger partial charge is 0.163 e. The van der Waals surface area contributed by atoms with Crippen LogP contribution in [0.2, 0.25) is 0 Å². The van der Waals surface area contributed by atoms with Crippen molar-refractivity contribution in [3.05, 3.63) is 71.8 Å². The lowest BCUT2D eigenvalue weighted by atomic mass is 9.95. The van der Waals surface area contributed by atoms with Crippen LogP contribution in [0.3, 0.4) is 0 Å². The van der Waals surface area contributed by atoms with Crippen LogP contribution in [0.4, 0.5) is 0 Å². The van der Waals surface area contributed by atoms with Crippen molar-refractivity contribution < 1.29 is 19.7 Å². The first-order chi connectivity index (χ1) is 13.0. The summed E-state index contributed by atoms with van der Waals surface area (Å²) in [7, 11) is 0. The van der Waals surface area contributed by atoms with Gasteiger partial charge in [0.25, 0.3) is 0 Å². The van der Waals surface area contributed by atoms with Crippen LogP contribution in [-0.4, -0.2) is 58.4 Å². The summed E-state index contributed by atoms with van der Waals surface area (Å²) in [5, 5.41) is 21.1. The van der Waals surface area contributed by atoms with E-state index in [1.54, 1.807) is 0 Å². The lowest BCUT2D eigenvalue weighted by molar-refractivity contribution is -0.292. The van der Waals surface area contributed by atoms with Gasteiger partial charge in [0.05, 0.1) is 37.4 Å². The van der Waals surface area contributed by atoms with Crippen molar-refractivity contribution in [3.8, 4) is 0 Å². The molecule has 0 aliphatic carbocycles. The zero-order valence-corrected chi connectivity index (χ0v) is 15.7. The minimum atomic E-state index is -0.780. The molecule has 0 unspecified atom stereocenters. The second kappa shape index (κ2) is 7.34. The summed E-state index contributed by atoms with van der Waals surface area (Å²) in [4.78, 5) is 2.18. The van der Waals surface area contributed by atoms with Gasteiger partial charge >= 0.3 is 0 Å². The Labute approximate surface area is 160 Å². The molecular formula is C22H27NO4. The average Bonchev–Trinajstić information content (AvgIpc) is 2.94. The Balaban J connectivity index is 1.79. The van der Waals surface area contributed by atoms with Gasteiger partial charge in [-0.1, -0.05) is 60.7 Å². The van der Waals surface area contributed by atoms with Crippen molar-refractivity contribution in [2.45, 2.75) is 50.0 Å². The second-order valence-electron chi connectivity index (χ2n) is 7.77. The number of benzene rings is 2. The molecule has 0 bridgehead atoms. The van der Waals surface area contributed by atoms with Gasteiger partial charge in [-0.25, -0.2) is 0 Å². The highest BCUT2D eigenvalue weighted by atomic mass is 16.7. The Morgan fingerprint density at radius 1 is 1.04 bits per heavy atom. The SMILES string of the molecule is CC1(C)OC[C@H]2[C@@H](O1)[C@H](O)[C@@H](CO)N2C(c1ccccc1)c1ccccc1. The van der Waals surface area contributed by atoms with Crippen LogP contribution in [0.5, 0.6) is 0 Å². The molecular weight excluding hydrogens is 342 g/mol. The summed E-state index contributed by atoms with van der Waals surface area (Å²) < 4.78 is 12.0. The van der Waals surface area contributed by atoms with E-state index in [4.69, 9.17) is 9.47 Å². The normalized spacial score (nSPS) is 30.4. The maximum absolute atomic E-state index is 10.9. The van der Waals surface area contributed by atoms with E-state index in [2.05, 4.69) is 29.2 Å². The van der Waals surface area contributed by atoms with Gasteiger partial charge in [0.1, 0.15) is 6.10 Å². The van der Waals surface area contributed by atoms with Crippen molar-refractivity contribution in [1.29, 1.82) is 0 Å². The molecule has 0 radical (unpaired) electrons. The first-order valence-corrected chi connectivity index (χ1v) is 9.50. The van der Waals surface area contributed by atoms with Gasteiger partial charge in [0.2, 0.25) is 0 Å². The molecule has 2 aliphatic heterocycles. The molecule has 4 atom stereocenters. The molecule has 0 saturated carbocycles. The first-order valence-electron chi connectivity index (χ1n) is 9.50. The van der Waals surface area contributed by atoms with Gasteiger partial charge in [0.15, 0.2) is 5.79 Å². The topological polar surface area (TPSA) is 62.2 Å². The van der Waals surface area contributed by atoms with Crippen LogP contribution in [0, 0.1) is 0 Å². The van der Waals surface area contributed by atoms with Crippen molar-refractivity contribution in [2.24, 2.45) is 0 Å². The minimum absolute atomic E-state index is 0.109. The van der Waals surface area contributed by atoms with Gasteiger partial charge < -0.3 is 19.7 Å². The Bertz CT molecular complexity index is 712. The van der Waals surface area contributed by atoms with E-state index in [0.717, 1.165) is 11.1 Å². The molecule has 2 heterocycles. The van der Waals surface area contributed by atoms with Crippen molar-refractivity contribution >= 4 is 0 Å².